The van der Waals surface area contributed by atoms with Crippen molar-refractivity contribution in [3.8, 4) is 23.1 Å². The Labute approximate surface area is 160 Å². The van der Waals surface area contributed by atoms with Crippen LogP contribution in [0.4, 0.5) is 4.39 Å². The summed E-state index contributed by atoms with van der Waals surface area (Å²) in [6, 6.07) is 6.90. The van der Waals surface area contributed by atoms with Crippen molar-refractivity contribution in [2.45, 2.75) is 18.3 Å². The van der Waals surface area contributed by atoms with E-state index in [1.807, 2.05) is 7.05 Å². The Kier molecular flexibility index (Phi) is 4.42. The minimum absolute atomic E-state index is 0.252. The second kappa shape index (κ2) is 6.76. The minimum Gasteiger partial charge on any atom is -0.337 e. The van der Waals surface area contributed by atoms with Crippen LogP contribution in [0, 0.1) is 17.1 Å². The van der Waals surface area contributed by atoms with E-state index in [9.17, 15) is 9.65 Å². The molecule has 0 bridgehead atoms. The number of rotatable bonds is 3. The molecule has 1 aromatic carbocycles. The number of nitriles is 1. The van der Waals surface area contributed by atoms with Crippen molar-refractivity contribution >= 4 is 11.6 Å². The molecule has 0 amide bonds. The van der Waals surface area contributed by atoms with Crippen LogP contribution in [0.25, 0.3) is 17.1 Å². The number of halogens is 2. The number of hydrogen-bond acceptors (Lipinski definition) is 6. The summed E-state index contributed by atoms with van der Waals surface area (Å²) in [6.45, 7) is 1.56. The van der Waals surface area contributed by atoms with Crippen LogP contribution in [-0.4, -0.2) is 45.0 Å². The fourth-order valence-electron chi connectivity index (χ4n) is 3.17. The van der Waals surface area contributed by atoms with Gasteiger partial charge in [0.2, 0.25) is 11.7 Å². The van der Waals surface area contributed by atoms with Crippen molar-refractivity contribution in [2.24, 2.45) is 0 Å². The van der Waals surface area contributed by atoms with Crippen molar-refractivity contribution in [1.82, 2.24) is 24.8 Å². The molecule has 1 saturated heterocycles. The molecule has 3 aromatic rings. The summed E-state index contributed by atoms with van der Waals surface area (Å²) >= 11 is 5.83. The molecule has 7 nitrogen and oxygen atoms in total. The van der Waals surface area contributed by atoms with Crippen LogP contribution in [0.3, 0.4) is 0 Å². The lowest BCUT2D eigenvalue weighted by Crippen LogP contribution is -2.40. The zero-order valence-electron chi connectivity index (χ0n) is 14.6. The van der Waals surface area contributed by atoms with Crippen LogP contribution in [0.5, 0.6) is 0 Å². The van der Waals surface area contributed by atoms with Crippen LogP contribution in [-0.2, 0) is 5.41 Å². The molecule has 4 rings (SSSR count). The SMILES string of the molecule is CN1CCC(C#N)(c2nc(-c3ccc(-n4cc(Cl)cn4)c(F)c3)no2)CC1. The number of aromatic nitrogens is 4. The van der Waals surface area contributed by atoms with Crippen molar-refractivity contribution in [3.63, 3.8) is 0 Å². The third kappa shape index (κ3) is 3.20. The Morgan fingerprint density at radius 1 is 1.33 bits per heavy atom. The fourth-order valence-corrected chi connectivity index (χ4v) is 3.31. The highest BCUT2D eigenvalue weighted by Crippen LogP contribution is 2.34. The topological polar surface area (TPSA) is 83.8 Å². The molecule has 0 spiro atoms. The standard InChI is InChI=1S/C18H16ClFN6O/c1-25-6-4-18(11-21,5-7-25)17-23-16(24-27-17)12-2-3-15(14(20)8-12)26-10-13(19)9-22-26/h2-3,8-10H,4-7H2,1H3. The summed E-state index contributed by atoms with van der Waals surface area (Å²) in [5.41, 5.74) is -0.0640. The van der Waals surface area contributed by atoms with E-state index < -0.39 is 11.2 Å². The molecule has 1 fully saturated rings. The molecule has 138 valence electrons. The Hall–Kier alpha value is -2.76. The molecule has 3 heterocycles. The highest BCUT2D eigenvalue weighted by molar-refractivity contribution is 6.30. The van der Waals surface area contributed by atoms with Gasteiger partial charge in [-0.2, -0.15) is 15.3 Å². The number of piperidine rings is 1. The lowest BCUT2D eigenvalue weighted by atomic mass is 9.80. The third-order valence-electron chi connectivity index (χ3n) is 4.89. The van der Waals surface area contributed by atoms with Gasteiger partial charge in [-0.1, -0.05) is 16.8 Å². The van der Waals surface area contributed by atoms with E-state index in [0.717, 1.165) is 13.1 Å². The third-order valence-corrected chi connectivity index (χ3v) is 5.09. The number of nitrogens with zero attached hydrogens (tertiary/aromatic N) is 6. The number of hydrogen-bond donors (Lipinski definition) is 0. The lowest BCUT2D eigenvalue weighted by molar-refractivity contribution is 0.189. The van der Waals surface area contributed by atoms with Crippen molar-refractivity contribution in [3.05, 3.63) is 47.3 Å². The van der Waals surface area contributed by atoms with Gasteiger partial charge in [-0.3, -0.25) is 0 Å². The summed E-state index contributed by atoms with van der Waals surface area (Å²) < 4.78 is 21.3. The Balaban J connectivity index is 1.64. The second-order valence-electron chi connectivity index (χ2n) is 6.69. The first kappa shape index (κ1) is 17.6. The molecule has 9 heteroatoms. The average molecular weight is 387 g/mol. The molecule has 0 N–H and O–H groups in total. The van der Waals surface area contributed by atoms with E-state index in [-0.39, 0.29) is 17.4 Å². The van der Waals surface area contributed by atoms with Crippen LogP contribution in [0.2, 0.25) is 5.02 Å². The van der Waals surface area contributed by atoms with Gasteiger partial charge in [0.05, 0.1) is 17.3 Å². The molecular formula is C18H16ClFN6O. The van der Waals surface area contributed by atoms with Crippen LogP contribution >= 0.6 is 11.6 Å². The van der Waals surface area contributed by atoms with E-state index in [2.05, 4.69) is 26.2 Å². The largest absolute Gasteiger partial charge is 0.337 e. The van der Waals surface area contributed by atoms with Gasteiger partial charge < -0.3 is 9.42 Å². The van der Waals surface area contributed by atoms with E-state index in [1.54, 1.807) is 12.1 Å². The molecule has 0 aliphatic carbocycles. The van der Waals surface area contributed by atoms with E-state index >= 15 is 0 Å². The molecule has 0 radical (unpaired) electrons. The van der Waals surface area contributed by atoms with Gasteiger partial charge in [0.1, 0.15) is 16.9 Å². The molecule has 0 saturated carbocycles. The zero-order chi connectivity index (χ0) is 19.0. The van der Waals surface area contributed by atoms with Gasteiger partial charge in [-0.25, -0.2) is 9.07 Å². The average Bonchev–Trinajstić information content (AvgIpc) is 3.32. The van der Waals surface area contributed by atoms with Crippen LogP contribution in [0.1, 0.15) is 18.7 Å². The van der Waals surface area contributed by atoms with Crippen molar-refractivity contribution < 1.29 is 8.91 Å². The van der Waals surface area contributed by atoms with Gasteiger partial charge in [0.25, 0.3) is 0 Å². The Morgan fingerprint density at radius 2 is 2.11 bits per heavy atom. The number of likely N-dealkylation sites (tertiary alicyclic amines) is 1. The Bertz CT molecular complexity index is 1020. The molecular weight excluding hydrogens is 371 g/mol. The predicted octanol–water partition coefficient (Wildman–Crippen LogP) is 3.20. The van der Waals surface area contributed by atoms with Crippen molar-refractivity contribution in [1.29, 1.82) is 5.26 Å². The maximum atomic E-state index is 14.5. The minimum atomic E-state index is -0.790. The van der Waals surface area contributed by atoms with Gasteiger partial charge in [-0.15, -0.1) is 0 Å². The zero-order valence-corrected chi connectivity index (χ0v) is 15.3. The van der Waals surface area contributed by atoms with Crippen molar-refractivity contribution in [2.75, 3.05) is 20.1 Å². The molecule has 0 unspecified atom stereocenters. The molecule has 0 atom stereocenters. The normalized spacial score (nSPS) is 17.0. The van der Waals surface area contributed by atoms with Crippen LogP contribution < -0.4 is 0 Å². The second-order valence-corrected chi connectivity index (χ2v) is 7.13. The van der Waals surface area contributed by atoms with Crippen LogP contribution in [0.15, 0.2) is 35.1 Å². The van der Waals surface area contributed by atoms with Gasteiger partial charge in [-0.05, 0) is 51.2 Å². The van der Waals surface area contributed by atoms with Gasteiger partial charge in [0, 0.05) is 11.8 Å². The summed E-state index contributed by atoms with van der Waals surface area (Å²) in [5.74, 6) is 0.0480. The summed E-state index contributed by atoms with van der Waals surface area (Å²) in [6.07, 6.45) is 4.19. The summed E-state index contributed by atoms with van der Waals surface area (Å²) in [4.78, 5) is 6.55. The molecule has 1 aliphatic heterocycles. The van der Waals surface area contributed by atoms with E-state index in [1.165, 1.54) is 23.1 Å². The highest BCUT2D eigenvalue weighted by Gasteiger charge is 2.41. The first-order chi connectivity index (χ1) is 13.0. The first-order valence-electron chi connectivity index (χ1n) is 8.45. The quantitative estimate of drug-likeness (QED) is 0.687. The van der Waals surface area contributed by atoms with E-state index in [4.69, 9.17) is 16.1 Å². The molecule has 27 heavy (non-hydrogen) atoms. The molecule has 1 aliphatic rings. The lowest BCUT2D eigenvalue weighted by Gasteiger charge is -2.32. The van der Waals surface area contributed by atoms with Gasteiger partial charge >= 0.3 is 0 Å². The fraction of sp³-hybridized carbons (Fsp3) is 0.333. The Morgan fingerprint density at radius 3 is 2.74 bits per heavy atom. The predicted molar refractivity (Wildman–Crippen MR) is 95.8 cm³/mol. The maximum absolute atomic E-state index is 14.5. The summed E-state index contributed by atoms with van der Waals surface area (Å²) in [7, 11) is 2.01. The van der Waals surface area contributed by atoms with Gasteiger partial charge in [0.15, 0.2) is 0 Å². The van der Waals surface area contributed by atoms with E-state index in [0.29, 0.717) is 23.4 Å². The summed E-state index contributed by atoms with van der Waals surface area (Å²) in [5, 5.41) is 18.1. The maximum Gasteiger partial charge on any atom is 0.247 e. The first-order valence-corrected chi connectivity index (χ1v) is 8.83. The highest BCUT2D eigenvalue weighted by atomic mass is 35.5. The number of benzene rings is 1. The monoisotopic (exact) mass is 386 g/mol. The molecule has 2 aromatic heterocycles. The smallest absolute Gasteiger partial charge is 0.247 e.